The number of imidazole rings is 1. The number of amides is 1. The predicted octanol–water partition coefficient (Wildman–Crippen LogP) is 2.38. The van der Waals surface area contributed by atoms with Crippen LogP contribution in [0.1, 0.15) is 29.2 Å². The van der Waals surface area contributed by atoms with E-state index in [1.165, 1.54) is 12.3 Å². The zero-order chi connectivity index (χ0) is 26.2. The number of H-pyrrole nitrogens is 1. The fourth-order valence-electron chi connectivity index (χ4n) is 5.31. The maximum atomic E-state index is 14.4. The van der Waals surface area contributed by atoms with E-state index in [-0.39, 0.29) is 34.7 Å². The van der Waals surface area contributed by atoms with E-state index in [1.54, 1.807) is 28.5 Å². The van der Waals surface area contributed by atoms with Crippen LogP contribution in [0.4, 0.5) is 13.2 Å². The molecule has 192 valence electrons. The van der Waals surface area contributed by atoms with Crippen molar-refractivity contribution in [2.45, 2.75) is 25.1 Å². The van der Waals surface area contributed by atoms with E-state index in [2.05, 4.69) is 26.7 Å². The van der Waals surface area contributed by atoms with Crippen LogP contribution in [-0.4, -0.2) is 78.2 Å². The summed E-state index contributed by atoms with van der Waals surface area (Å²) in [5.41, 5.74) is -0.0322. The van der Waals surface area contributed by atoms with Crippen LogP contribution in [0.2, 0.25) is 0 Å². The van der Waals surface area contributed by atoms with E-state index in [0.717, 1.165) is 0 Å². The smallest absolute Gasteiger partial charge is 0.338 e. The molecule has 0 saturated carbocycles. The van der Waals surface area contributed by atoms with E-state index < -0.39 is 17.6 Å². The lowest BCUT2D eigenvalue weighted by molar-refractivity contribution is -0.146. The van der Waals surface area contributed by atoms with Crippen molar-refractivity contribution >= 4 is 28.0 Å². The van der Waals surface area contributed by atoms with Crippen molar-refractivity contribution in [3.05, 3.63) is 58.6 Å². The number of alkyl halides is 3. The second-order valence-corrected chi connectivity index (χ2v) is 9.67. The highest BCUT2D eigenvalue weighted by Crippen LogP contribution is 2.36. The molecule has 37 heavy (non-hydrogen) atoms. The van der Waals surface area contributed by atoms with Crippen LogP contribution in [0.15, 0.2) is 35.8 Å². The number of hydrogen-bond acceptors (Lipinski definition) is 6. The molecule has 2 aliphatic heterocycles. The van der Waals surface area contributed by atoms with Gasteiger partial charge in [-0.25, -0.2) is 9.97 Å². The molecule has 2 aliphatic rings. The molecule has 1 N–H and O–H groups in total. The lowest BCUT2D eigenvalue weighted by Crippen LogP contribution is -2.51. The third kappa shape index (κ3) is 3.48. The van der Waals surface area contributed by atoms with Crippen molar-refractivity contribution in [3.63, 3.8) is 0 Å². The highest BCUT2D eigenvalue weighted by Gasteiger charge is 2.42. The van der Waals surface area contributed by atoms with Gasteiger partial charge < -0.3 is 14.4 Å². The number of nitrogens with zero attached hydrogens (tertiary/aromatic N) is 7. The molecular formula is C24H23F3N8O2. The largest absolute Gasteiger partial charge is 0.450 e. The number of halogens is 3. The van der Waals surface area contributed by atoms with Gasteiger partial charge in [-0.15, -0.1) is 0 Å². The maximum absolute atomic E-state index is 14.4. The third-order valence-electron chi connectivity index (χ3n) is 7.17. The van der Waals surface area contributed by atoms with E-state index >= 15 is 0 Å². The first-order chi connectivity index (χ1) is 17.6. The fourth-order valence-corrected chi connectivity index (χ4v) is 5.31. The van der Waals surface area contributed by atoms with Gasteiger partial charge in [0, 0.05) is 31.6 Å². The topological polar surface area (TPSA) is 105 Å². The van der Waals surface area contributed by atoms with Crippen LogP contribution in [0, 0.1) is 6.92 Å². The number of benzene rings is 1. The van der Waals surface area contributed by atoms with Gasteiger partial charge in [-0.3, -0.25) is 19.3 Å². The Hall–Kier alpha value is -4.00. The summed E-state index contributed by atoms with van der Waals surface area (Å²) in [5, 5.41) is 7.08. The van der Waals surface area contributed by atoms with Crippen LogP contribution in [0.25, 0.3) is 27.8 Å². The van der Waals surface area contributed by atoms with Crippen molar-refractivity contribution in [2.75, 3.05) is 33.2 Å². The molecule has 13 heteroatoms. The third-order valence-corrected chi connectivity index (χ3v) is 7.17. The average molecular weight is 512 g/mol. The summed E-state index contributed by atoms with van der Waals surface area (Å²) >= 11 is 0. The number of aromatic amines is 1. The minimum Gasteiger partial charge on any atom is -0.338 e. The number of nitrogens with one attached hydrogen (secondary N) is 1. The maximum Gasteiger partial charge on any atom is 0.450 e. The highest BCUT2D eigenvalue weighted by molar-refractivity contribution is 5.89. The van der Waals surface area contributed by atoms with Gasteiger partial charge in [0.15, 0.2) is 11.2 Å². The number of carbonyl (C=O) groups is 1. The fraction of sp³-hybridized carbons (Fsp3) is 0.375. The first kappa shape index (κ1) is 23.4. The Morgan fingerprint density at radius 3 is 2.57 bits per heavy atom. The lowest BCUT2D eigenvalue weighted by Gasteiger charge is -2.42. The summed E-state index contributed by atoms with van der Waals surface area (Å²) in [6.07, 6.45) is -2.30. The molecule has 2 fully saturated rings. The molecule has 2 saturated heterocycles. The zero-order valence-electron chi connectivity index (χ0n) is 20.1. The van der Waals surface area contributed by atoms with Crippen LogP contribution in [0.5, 0.6) is 0 Å². The second-order valence-electron chi connectivity index (χ2n) is 9.67. The van der Waals surface area contributed by atoms with E-state index in [1.807, 2.05) is 11.9 Å². The molecule has 6 rings (SSSR count). The Morgan fingerprint density at radius 2 is 1.92 bits per heavy atom. The average Bonchev–Trinajstić information content (AvgIpc) is 3.40. The van der Waals surface area contributed by atoms with Crippen molar-refractivity contribution in [3.8, 4) is 5.69 Å². The van der Waals surface area contributed by atoms with Crippen LogP contribution < -0.4 is 5.56 Å². The van der Waals surface area contributed by atoms with Gasteiger partial charge in [0.25, 0.3) is 5.56 Å². The quantitative estimate of drug-likeness (QED) is 0.421. The van der Waals surface area contributed by atoms with Gasteiger partial charge in [-0.05, 0) is 31.7 Å². The summed E-state index contributed by atoms with van der Waals surface area (Å²) in [7, 11) is 1.92. The Bertz CT molecular complexity index is 1640. The lowest BCUT2D eigenvalue weighted by atomic mass is 9.98. The Labute approximate surface area is 208 Å². The first-order valence-electron chi connectivity index (χ1n) is 11.7. The second kappa shape index (κ2) is 8.00. The van der Waals surface area contributed by atoms with Crippen LogP contribution in [0.3, 0.4) is 0 Å². The molecule has 0 bridgehead atoms. The minimum absolute atomic E-state index is 0.0227. The standard InChI is InChI=1S/C24H23F3N8O2/c1-4-17(36)33-8-13(9-33)21-29-20-19(34(21)14-10-32(3)11-14)22(37)35(23(30-20)24(25,26)27)18-12(2)5-6-16-15(18)7-28-31-16/h4-7,13-14H,1,8-11H2,2-3H3,(H,28,31). The number of carbonyl (C=O) groups excluding carboxylic acids is 1. The SMILES string of the molecule is C=CC(=O)N1CC(c2nc3nc(C(F)(F)F)n(-c4c(C)ccc5[nH]ncc45)c(=O)c3n2C2CN(C)C2)C1. The number of rotatable bonds is 4. The summed E-state index contributed by atoms with van der Waals surface area (Å²) in [6, 6.07) is 3.18. The van der Waals surface area contributed by atoms with Crippen molar-refractivity contribution in [1.82, 2.24) is 39.1 Å². The number of aromatic nitrogens is 6. The molecule has 10 nitrogen and oxygen atoms in total. The van der Waals surface area contributed by atoms with E-state index in [0.29, 0.717) is 53.0 Å². The van der Waals surface area contributed by atoms with E-state index in [9.17, 15) is 22.8 Å². The van der Waals surface area contributed by atoms with Crippen molar-refractivity contribution in [1.29, 1.82) is 0 Å². The van der Waals surface area contributed by atoms with Gasteiger partial charge in [0.2, 0.25) is 11.7 Å². The van der Waals surface area contributed by atoms with Gasteiger partial charge in [-0.1, -0.05) is 12.6 Å². The first-order valence-corrected chi connectivity index (χ1v) is 11.7. The van der Waals surface area contributed by atoms with Gasteiger partial charge >= 0.3 is 6.18 Å². The van der Waals surface area contributed by atoms with Crippen LogP contribution in [-0.2, 0) is 11.0 Å². The Balaban J connectivity index is 1.63. The van der Waals surface area contributed by atoms with Gasteiger partial charge in [0.05, 0.1) is 29.4 Å². The molecule has 4 aromatic rings. The summed E-state index contributed by atoms with van der Waals surface area (Å²) in [4.78, 5) is 38.1. The molecule has 0 atom stereocenters. The number of likely N-dealkylation sites (N-methyl/N-ethyl adjacent to an activating group) is 1. The molecule has 0 unspecified atom stereocenters. The molecule has 0 aliphatic carbocycles. The predicted molar refractivity (Wildman–Crippen MR) is 129 cm³/mol. The Kier molecular flexibility index (Phi) is 5.06. The summed E-state index contributed by atoms with van der Waals surface area (Å²) in [5.74, 6) is -1.34. The highest BCUT2D eigenvalue weighted by atomic mass is 19.4. The number of fused-ring (bicyclic) bond motifs is 2. The molecule has 3 aromatic heterocycles. The molecule has 0 radical (unpaired) electrons. The van der Waals surface area contributed by atoms with Crippen molar-refractivity contribution in [2.24, 2.45) is 0 Å². The normalized spacial score (nSPS) is 17.4. The summed E-state index contributed by atoms with van der Waals surface area (Å²) < 4.78 is 45.5. The Morgan fingerprint density at radius 1 is 1.19 bits per heavy atom. The van der Waals surface area contributed by atoms with Gasteiger partial charge in [-0.2, -0.15) is 18.3 Å². The number of hydrogen-bond donors (Lipinski definition) is 1. The van der Waals surface area contributed by atoms with Crippen molar-refractivity contribution < 1.29 is 18.0 Å². The molecular weight excluding hydrogens is 489 g/mol. The molecule has 1 aromatic carbocycles. The number of likely N-dealkylation sites (tertiary alicyclic amines) is 2. The van der Waals surface area contributed by atoms with Gasteiger partial charge in [0.1, 0.15) is 5.82 Å². The monoisotopic (exact) mass is 512 g/mol. The molecule has 0 spiro atoms. The zero-order valence-corrected chi connectivity index (χ0v) is 20.1. The van der Waals surface area contributed by atoms with E-state index in [4.69, 9.17) is 0 Å². The number of aryl methyl sites for hydroxylation is 1. The summed E-state index contributed by atoms with van der Waals surface area (Å²) in [6.45, 7) is 7.03. The minimum atomic E-state index is -4.92. The molecule has 1 amide bonds. The molecule has 5 heterocycles. The van der Waals surface area contributed by atoms with Crippen LogP contribution >= 0.6 is 0 Å².